The topological polar surface area (TPSA) is 71.3 Å². The lowest BCUT2D eigenvalue weighted by molar-refractivity contribution is -0.0829. The van der Waals surface area contributed by atoms with E-state index >= 15 is 0 Å². The minimum atomic E-state index is -0.314. The molecule has 36 heavy (non-hydrogen) atoms. The third kappa shape index (κ3) is 4.48. The van der Waals surface area contributed by atoms with Crippen LogP contribution in [0.2, 0.25) is 0 Å². The average molecular weight is 488 g/mol. The lowest BCUT2D eigenvalue weighted by atomic mass is 9.85. The van der Waals surface area contributed by atoms with Crippen molar-refractivity contribution >= 4 is 11.4 Å². The Labute approximate surface area is 213 Å². The zero-order valence-corrected chi connectivity index (χ0v) is 21.4. The fraction of sp³-hybridized carbons (Fsp3) is 0.536. The van der Waals surface area contributed by atoms with Crippen LogP contribution in [0.3, 0.4) is 0 Å². The van der Waals surface area contributed by atoms with Crippen LogP contribution in [-0.2, 0) is 10.3 Å². The number of rotatable bonds is 8. The summed E-state index contributed by atoms with van der Waals surface area (Å²) in [5, 5.41) is 12.9. The van der Waals surface area contributed by atoms with Crippen LogP contribution in [0.4, 0.5) is 11.4 Å². The Kier molecular flexibility index (Phi) is 6.39. The highest BCUT2D eigenvalue weighted by molar-refractivity contribution is 5.63. The van der Waals surface area contributed by atoms with Crippen molar-refractivity contribution in [2.45, 2.75) is 43.7 Å². The maximum Gasteiger partial charge on any atom is 0.136 e. The van der Waals surface area contributed by atoms with Crippen molar-refractivity contribution in [3.05, 3.63) is 54.5 Å². The monoisotopic (exact) mass is 487 g/mol. The molecule has 3 aromatic rings. The molecule has 190 valence electrons. The zero-order chi connectivity index (χ0) is 24.5. The van der Waals surface area contributed by atoms with Gasteiger partial charge in [-0.2, -0.15) is 0 Å². The number of aromatic nitrogens is 4. The maximum atomic E-state index is 5.71. The molecule has 4 heterocycles. The number of nitrogens with zero attached hydrogens (tertiary/aromatic N) is 6. The molecule has 1 aliphatic carbocycles. The van der Waals surface area contributed by atoms with Crippen molar-refractivity contribution < 1.29 is 4.74 Å². The van der Waals surface area contributed by atoms with Gasteiger partial charge in [0.2, 0.25) is 0 Å². The Bertz CT molecular complexity index is 1170. The van der Waals surface area contributed by atoms with Crippen molar-refractivity contribution in [3.8, 4) is 11.3 Å². The van der Waals surface area contributed by atoms with Gasteiger partial charge in [0.05, 0.1) is 31.3 Å². The van der Waals surface area contributed by atoms with Gasteiger partial charge in [0.1, 0.15) is 11.2 Å². The molecule has 1 aromatic carbocycles. The van der Waals surface area contributed by atoms with Crippen LogP contribution in [0.15, 0.2) is 48.9 Å². The van der Waals surface area contributed by atoms with Crippen LogP contribution in [0.5, 0.6) is 0 Å². The van der Waals surface area contributed by atoms with Gasteiger partial charge in [-0.3, -0.25) is 4.98 Å². The molecule has 0 spiro atoms. The number of nitrogens with one attached hydrogen (secondary N) is 1. The van der Waals surface area contributed by atoms with Gasteiger partial charge in [0.15, 0.2) is 0 Å². The molecule has 3 fully saturated rings. The maximum absolute atomic E-state index is 5.71. The van der Waals surface area contributed by atoms with E-state index in [9.17, 15) is 0 Å². The molecule has 0 bridgehead atoms. The minimum Gasteiger partial charge on any atom is -0.376 e. The molecule has 8 nitrogen and oxygen atoms in total. The molecule has 1 N–H and O–H groups in total. The van der Waals surface area contributed by atoms with Crippen molar-refractivity contribution in [3.63, 3.8) is 0 Å². The molecule has 0 amide bonds. The number of ether oxygens (including phenoxy) is 1. The normalized spacial score (nSPS) is 21.6. The lowest BCUT2D eigenvalue weighted by Gasteiger charge is -2.42. The van der Waals surface area contributed by atoms with Gasteiger partial charge in [0, 0.05) is 50.7 Å². The summed E-state index contributed by atoms with van der Waals surface area (Å²) in [6.07, 6.45) is 12.5. The third-order valence-electron chi connectivity index (χ3n) is 8.26. The first-order valence-corrected chi connectivity index (χ1v) is 13.3. The summed E-state index contributed by atoms with van der Waals surface area (Å²) in [7, 11) is 4.02. The number of anilines is 2. The molecule has 3 aliphatic rings. The van der Waals surface area contributed by atoms with Crippen LogP contribution in [0.1, 0.15) is 37.7 Å². The van der Waals surface area contributed by atoms with Crippen LogP contribution >= 0.6 is 0 Å². The van der Waals surface area contributed by atoms with E-state index in [1.165, 1.54) is 49.9 Å². The molecule has 0 unspecified atom stereocenters. The van der Waals surface area contributed by atoms with Gasteiger partial charge >= 0.3 is 0 Å². The van der Waals surface area contributed by atoms with Gasteiger partial charge in [-0.05, 0) is 61.9 Å². The van der Waals surface area contributed by atoms with Gasteiger partial charge in [-0.1, -0.05) is 23.8 Å². The SMILES string of the molecule is CN(C)c1cncc(-c2cn(C3(c4ccc(N5CCC[C@@H](NCC6CCC6)C5)cc4)COC3)nn2)c1. The highest BCUT2D eigenvalue weighted by Crippen LogP contribution is 2.36. The average Bonchev–Trinajstić information content (AvgIpc) is 3.33. The zero-order valence-electron chi connectivity index (χ0n) is 21.4. The second-order valence-corrected chi connectivity index (χ2v) is 10.9. The lowest BCUT2D eigenvalue weighted by Crippen LogP contribution is -2.53. The molecule has 8 heteroatoms. The van der Waals surface area contributed by atoms with Crippen LogP contribution in [0, 0.1) is 5.92 Å². The molecule has 2 aromatic heterocycles. The quantitative estimate of drug-likeness (QED) is 0.521. The van der Waals surface area contributed by atoms with E-state index in [1.54, 1.807) is 0 Å². The third-order valence-corrected chi connectivity index (χ3v) is 8.26. The Morgan fingerprint density at radius 3 is 2.61 bits per heavy atom. The summed E-state index contributed by atoms with van der Waals surface area (Å²) in [5.74, 6) is 0.908. The largest absolute Gasteiger partial charge is 0.376 e. The first-order chi connectivity index (χ1) is 17.6. The summed E-state index contributed by atoms with van der Waals surface area (Å²) < 4.78 is 7.68. The smallest absolute Gasteiger partial charge is 0.136 e. The number of hydrogen-bond donors (Lipinski definition) is 1. The fourth-order valence-electron chi connectivity index (χ4n) is 5.54. The van der Waals surface area contributed by atoms with Crippen molar-refractivity contribution in [2.75, 3.05) is 56.7 Å². The van der Waals surface area contributed by atoms with E-state index in [0.29, 0.717) is 19.3 Å². The second kappa shape index (κ2) is 9.82. The van der Waals surface area contributed by atoms with E-state index in [0.717, 1.165) is 36.0 Å². The van der Waals surface area contributed by atoms with Crippen molar-refractivity contribution in [1.82, 2.24) is 25.3 Å². The molecular weight excluding hydrogens is 450 g/mol. The first-order valence-electron chi connectivity index (χ1n) is 13.3. The number of hydrogen-bond acceptors (Lipinski definition) is 7. The predicted octanol–water partition coefficient (Wildman–Crippen LogP) is 3.54. The highest BCUT2D eigenvalue weighted by Gasteiger charge is 2.43. The summed E-state index contributed by atoms with van der Waals surface area (Å²) in [4.78, 5) is 8.96. The predicted molar refractivity (Wildman–Crippen MR) is 142 cm³/mol. The van der Waals surface area contributed by atoms with Gasteiger partial charge in [0.25, 0.3) is 0 Å². The van der Waals surface area contributed by atoms with E-state index < -0.39 is 0 Å². The summed E-state index contributed by atoms with van der Waals surface area (Å²) in [6, 6.07) is 11.7. The summed E-state index contributed by atoms with van der Waals surface area (Å²) in [6.45, 7) is 4.61. The molecule has 6 rings (SSSR count). The minimum absolute atomic E-state index is 0.314. The molecule has 1 atom stereocenters. The van der Waals surface area contributed by atoms with Gasteiger partial charge in [-0.25, -0.2) is 4.68 Å². The Balaban J connectivity index is 1.17. The van der Waals surface area contributed by atoms with E-state index in [1.807, 2.05) is 42.3 Å². The van der Waals surface area contributed by atoms with Crippen LogP contribution in [0.25, 0.3) is 11.3 Å². The fourth-order valence-corrected chi connectivity index (χ4v) is 5.54. The Morgan fingerprint density at radius 1 is 1.08 bits per heavy atom. The summed E-state index contributed by atoms with van der Waals surface area (Å²) in [5.41, 5.74) is 5.02. The molecule has 2 aliphatic heterocycles. The Hall–Kier alpha value is -2.97. The molecule has 0 radical (unpaired) electrons. The number of piperidine rings is 1. The molecule has 1 saturated carbocycles. The second-order valence-electron chi connectivity index (χ2n) is 10.9. The molecule has 2 saturated heterocycles. The van der Waals surface area contributed by atoms with Crippen molar-refractivity contribution in [2.24, 2.45) is 5.92 Å². The van der Waals surface area contributed by atoms with Crippen LogP contribution < -0.4 is 15.1 Å². The van der Waals surface area contributed by atoms with Gasteiger partial charge < -0.3 is 19.9 Å². The highest BCUT2D eigenvalue weighted by atomic mass is 16.5. The van der Waals surface area contributed by atoms with Gasteiger partial charge in [-0.15, -0.1) is 5.10 Å². The van der Waals surface area contributed by atoms with E-state index in [2.05, 4.69) is 55.8 Å². The molecular formula is C28H37N7O. The van der Waals surface area contributed by atoms with E-state index in [-0.39, 0.29) is 5.54 Å². The van der Waals surface area contributed by atoms with Crippen molar-refractivity contribution in [1.29, 1.82) is 0 Å². The number of pyridine rings is 1. The van der Waals surface area contributed by atoms with E-state index in [4.69, 9.17) is 4.74 Å². The van der Waals surface area contributed by atoms with Crippen LogP contribution in [-0.4, -0.2) is 73.0 Å². The standard InChI is InChI=1S/C28H37N7O/c1-33(2)26-13-22(15-29-16-26)27-18-35(32-31-27)28(19-36-20-28)23-8-10-25(11-9-23)34-12-4-7-24(17-34)30-14-21-5-3-6-21/h8-11,13,15-16,18,21,24,30H,3-7,12,14,17,19-20H2,1-2H3/t24-/m1/s1. The Morgan fingerprint density at radius 2 is 1.92 bits per heavy atom. The summed E-state index contributed by atoms with van der Waals surface area (Å²) >= 11 is 0. The first kappa shape index (κ1) is 23.4. The number of benzene rings is 1.